The lowest BCUT2D eigenvalue weighted by Gasteiger charge is -2.23. The minimum absolute atomic E-state index is 0.0385. The second kappa shape index (κ2) is 6.84. The molecule has 1 N–H and O–H groups in total. The molecule has 0 bridgehead atoms. The first-order valence-corrected chi connectivity index (χ1v) is 7.90. The lowest BCUT2D eigenvalue weighted by molar-refractivity contribution is 0.185. The number of benzene rings is 2. The van der Waals surface area contributed by atoms with E-state index in [1.807, 2.05) is 47.4 Å². The number of anilines is 1. The zero-order valence-corrected chi connectivity index (χ0v) is 13.6. The lowest BCUT2D eigenvalue weighted by Crippen LogP contribution is -2.42. The van der Waals surface area contributed by atoms with E-state index in [-0.39, 0.29) is 12.1 Å². The number of nitrogens with one attached hydrogen (secondary N) is 1. The Morgan fingerprint density at radius 1 is 1.17 bits per heavy atom. The van der Waals surface area contributed by atoms with Crippen LogP contribution in [0.1, 0.15) is 23.6 Å². The number of methoxy groups -OCH3 is 1. The number of hydrogen-bond acceptors (Lipinski definition) is 2. The van der Waals surface area contributed by atoms with Crippen molar-refractivity contribution in [2.75, 3.05) is 12.0 Å². The van der Waals surface area contributed by atoms with E-state index in [0.717, 1.165) is 23.2 Å². The van der Waals surface area contributed by atoms with Gasteiger partial charge >= 0.3 is 6.03 Å². The van der Waals surface area contributed by atoms with Gasteiger partial charge in [-0.25, -0.2) is 4.79 Å². The molecule has 23 heavy (non-hydrogen) atoms. The lowest BCUT2D eigenvalue weighted by atomic mass is 10.1. The summed E-state index contributed by atoms with van der Waals surface area (Å²) >= 11 is 0. The maximum absolute atomic E-state index is 12.6. The van der Waals surface area contributed by atoms with Crippen LogP contribution in [0.3, 0.4) is 0 Å². The highest BCUT2D eigenvalue weighted by molar-refractivity contribution is 5.94. The van der Waals surface area contributed by atoms with Crippen molar-refractivity contribution in [3.8, 4) is 0 Å². The largest absolute Gasteiger partial charge is 0.380 e. The van der Waals surface area contributed by atoms with E-state index >= 15 is 0 Å². The highest BCUT2D eigenvalue weighted by Crippen LogP contribution is 2.31. The summed E-state index contributed by atoms with van der Waals surface area (Å²) < 4.78 is 5.10. The summed E-state index contributed by atoms with van der Waals surface area (Å²) in [5.74, 6) is 0. The zero-order chi connectivity index (χ0) is 16.2. The normalized spacial score (nSPS) is 16.3. The maximum Gasteiger partial charge on any atom is 0.322 e. The van der Waals surface area contributed by atoms with Gasteiger partial charge in [-0.3, -0.25) is 4.90 Å². The smallest absolute Gasteiger partial charge is 0.322 e. The van der Waals surface area contributed by atoms with Gasteiger partial charge in [-0.1, -0.05) is 42.5 Å². The standard InChI is InChI=1S/C19H22N2O2/c1-14-11-17-5-3-4-6-18(17)21(14)19(22)20-12-15-7-9-16(10-8-15)13-23-2/h3-10,14H,11-13H2,1-2H3,(H,20,22). The molecule has 4 nitrogen and oxygen atoms in total. The Balaban J connectivity index is 1.63. The van der Waals surface area contributed by atoms with Gasteiger partial charge < -0.3 is 10.1 Å². The molecule has 1 aliphatic heterocycles. The highest BCUT2D eigenvalue weighted by atomic mass is 16.5. The van der Waals surface area contributed by atoms with Crippen LogP contribution in [-0.4, -0.2) is 19.2 Å². The number of nitrogens with zero attached hydrogens (tertiary/aromatic N) is 1. The van der Waals surface area contributed by atoms with Crippen LogP contribution < -0.4 is 10.2 Å². The molecule has 0 fully saturated rings. The molecule has 120 valence electrons. The average molecular weight is 310 g/mol. The minimum atomic E-state index is -0.0385. The van der Waals surface area contributed by atoms with Crippen LogP contribution in [0.5, 0.6) is 0 Å². The summed E-state index contributed by atoms with van der Waals surface area (Å²) in [6, 6.07) is 16.4. The Kier molecular flexibility index (Phi) is 4.63. The highest BCUT2D eigenvalue weighted by Gasteiger charge is 2.30. The molecule has 0 aromatic heterocycles. The molecule has 4 heteroatoms. The quantitative estimate of drug-likeness (QED) is 0.939. The molecule has 1 heterocycles. The Hall–Kier alpha value is -2.33. The number of amides is 2. The summed E-state index contributed by atoms with van der Waals surface area (Å²) in [6.45, 7) is 3.21. The monoisotopic (exact) mass is 310 g/mol. The predicted octanol–water partition coefficient (Wildman–Crippen LogP) is 3.49. The van der Waals surface area contributed by atoms with E-state index in [2.05, 4.69) is 18.3 Å². The molecule has 0 saturated carbocycles. The van der Waals surface area contributed by atoms with Crippen molar-refractivity contribution in [1.29, 1.82) is 0 Å². The van der Waals surface area contributed by atoms with Crippen LogP contribution in [-0.2, 0) is 24.3 Å². The maximum atomic E-state index is 12.6. The summed E-state index contributed by atoms with van der Waals surface area (Å²) in [6.07, 6.45) is 0.912. The third-order valence-electron chi connectivity index (χ3n) is 4.20. The number of para-hydroxylation sites is 1. The predicted molar refractivity (Wildman–Crippen MR) is 91.5 cm³/mol. The molecular formula is C19H22N2O2. The van der Waals surface area contributed by atoms with Crippen molar-refractivity contribution in [3.05, 3.63) is 65.2 Å². The van der Waals surface area contributed by atoms with Crippen molar-refractivity contribution in [2.45, 2.75) is 32.5 Å². The fourth-order valence-electron chi connectivity index (χ4n) is 3.06. The molecular weight excluding hydrogens is 288 g/mol. The van der Waals surface area contributed by atoms with Gasteiger partial charge in [0.15, 0.2) is 0 Å². The molecule has 0 aliphatic carbocycles. The van der Waals surface area contributed by atoms with Gasteiger partial charge in [-0.05, 0) is 36.1 Å². The van der Waals surface area contributed by atoms with E-state index in [4.69, 9.17) is 4.74 Å². The zero-order valence-electron chi connectivity index (χ0n) is 13.6. The molecule has 0 radical (unpaired) electrons. The Bertz CT molecular complexity index is 682. The van der Waals surface area contributed by atoms with Gasteiger partial charge in [0.05, 0.1) is 6.61 Å². The number of hydrogen-bond donors (Lipinski definition) is 1. The van der Waals surface area contributed by atoms with Crippen LogP contribution >= 0.6 is 0 Å². The molecule has 0 saturated heterocycles. The summed E-state index contributed by atoms with van der Waals surface area (Å²) in [4.78, 5) is 14.4. The first kappa shape index (κ1) is 15.6. The van der Waals surface area contributed by atoms with Crippen molar-refractivity contribution < 1.29 is 9.53 Å². The van der Waals surface area contributed by atoms with Crippen molar-refractivity contribution in [1.82, 2.24) is 5.32 Å². The molecule has 2 aromatic rings. The topological polar surface area (TPSA) is 41.6 Å². The summed E-state index contributed by atoms with van der Waals surface area (Å²) in [5, 5.41) is 3.02. The van der Waals surface area contributed by atoms with Gasteiger partial charge in [0, 0.05) is 25.4 Å². The molecule has 1 unspecified atom stereocenters. The number of fused-ring (bicyclic) bond motifs is 1. The fourth-order valence-corrected chi connectivity index (χ4v) is 3.06. The first-order chi connectivity index (χ1) is 11.2. The molecule has 3 rings (SSSR count). The summed E-state index contributed by atoms with van der Waals surface area (Å²) in [5.41, 5.74) is 4.47. The number of carbonyl (C=O) groups is 1. The van der Waals surface area contributed by atoms with Crippen molar-refractivity contribution in [3.63, 3.8) is 0 Å². The Labute approximate surface area is 137 Å². The molecule has 1 aliphatic rings. The van der Waals surface area contributed by atoms with Crippen LogP contribution in [0.2, 0.25) is 0 Å². The number of ether oxygens (including phenoxy) is 1. The second-order valence-electron chi connectivity index (χ2n) is 5.96. The van der Waals surface area contributed by atoms with E-state index in [1.165, 1.54) is 5.56 Å². The van der Waals surface area contributed by atoms with Crippen molar-refractivity contribution >= 4 is 11.7 Å². The van der Waals surface area contributed by atoms with E-state index < -0.39 is 0 Å². The van der Waals surface area contributed by atoms with Gasteiger partial charge in [-0.2, -0.15) is 0 Å². The van der Waals surface area contributed by atoms with Crippen LogP contribution in [0.4, 0.5) is 10.5 Å². The molecule has 1 atom stereocenters. The third-order valence-corrected chi connectivity index (χ3v) is 4.20. The summed E-state index contributed by atoms with van der Waals surface area (Å²) in [7, 11) is 1.68. The molecule has 2 amide bonds. The third kappa shape index (κ3) is 3.37. The fraction of sp³-hybridized carbons (Fsp3) is 0.316. The minimum Gasteiger partial charge on any atom is -0.380 e. The van der Waals surface area contributed by atoms with E-state index in [9.17, 15) is 4.79 Å². The van der Waals surface area contributed by atoms with Gasteiger partial charge in [0.2, 0.25) is 0 Å². The second-order valence-corrected chi connectivity index (χ2v) is 5.96. The average Bonchev–Trinajstić information content (AvgIpc) is 2.90. The molecule has 2 aromatic carbocycles. The van der Waals surface area contributed by atoms with Gasteiger partial charge in [0.25, 0.3) is 0 Å². The van der Waals surface area contributed by atoms with Crippen LogP contribution in [0, 0.1) is 0 Å². The number of carbonyl (C=O) groups excluding carboxylic acids is 1. The van der Waals surface area contributed by atoms with Crippen molar-refractivity contribution in [2.24, 2.45) is 0 Å². The van der Waals surface area contributed by atoms with E-state index in [0.29, 0.717) is 13.2 Å². The van der Waals surface area contributed by atoms with Crippen LogP contribution in [0.25, 0.3) is 0 Å². The van der Waals surface area contributed by atoms with Gasteiger partial charge in [-0.15, -0.1) is 0 Å². The van der Waals surface area contributed by atoms with Gasteiger partial charge in [0.1, 0.15) is 0 Å². The Morgan fingerprint density at radius 3 is 2.61 bits per heavy atom. The number of urea groups is 1. The van der Waals surface area contributed by atoms with Crippen LogP contribution in [0.15, 0.2) is 48.5 Å². The SMILES string of the molecule is COCc1ccc(CNC(=O)N2c3ccccc3CC2C)cc1. The number of rotatable bonds is 4. The van der Waals surface area contributed by atoms with E-state index in [1.54, 1.807) is 7.11 Å². The molecule has 0 spiro atoms. The first-order valence-electron chi connectivity index (χ1n) is 7.90. The Morgan fingerprint density at radius 2 is 1.87 bits per heavy atom.